The van der Waals surface area contributed by atoms with E-state index in [1.165, 1.54) is 22.0 Å². The highest BCUT2D eigenvalue weighted by atomic mass is 28.3. The minimum absolute atomic E-state index is 0.623. The van der Waals surface area contributed by atoms with Gasteiger partial charge in [-0.2, -0.15) is 4.57 Å². The van der Waals surface area contributed by atoms with Gasteiger partial charge in [-0.1, -0.05) is 55.2 Å². The molecular formula is C26H29N2Si+. The SMILES string of the molecule is [2H]c1c(C)[n+](C)c(-c2cc(-c3cccnc3)ccc2C)c2ccc([Si](C)(C)C)cc12. The maximum Gasteiger partial charge on any atom is 0.220 e. The molecule has 0 saturated heterocycles. The standard InChI is InChI=1S/C26H29N2Si/c1-18-9-10-20(21-8-7-13-27-17-21)16-25(18)26-24-12-11-23(29(4,5)6)15-22(24)14-19(2)28(26)3/h7-17H,1-6H3/q+1/i14D. The monoisotopic (exact) mass is 398 g/mol. The number of rotatable bonds is 3. The maximum absolute atomic E-state index is 8.81. The van der Waals surface area contributed by atoms with Crippen LogP contribution in [-0.4, -0.2) is 13.1 Å². The predicted octanol–water partition coefficient (Wildman–Crippen LogP) is 5.56. The molecule has 0 spiro atoms. The summed E-state index contributed by atoms with van der Waals surface area (Å²) in [5.74, 6) is 0. The van der Waals surface area contributed by atoms with E-state index in [4.69, 9.17) is 1.37 Å². The summed E-state index contributed by atoms with van der Waals surface area (Å²) < 4.78 is 11.0. The van der Waals surface area contributed by atoms with Gasteiger partial charge in [0.05, 0.1) is 20.4 Å². The summed E-state index contributed by atoms with van der Waals surface area (Å²) in [5, 5.41) is 3.58. The number of aryl methyl sites for hydroxylation is 1. The van der Waals surface area contributed by atoms with Gasteiger partial charge in [-0.25, -0.2) is 0 Å². The van der Waals surface area contributed by atoms with Crippen molar-refractivity contribution in [2.45, 2.75) is 33.5 Å². The van der Waals surface area contributed by atoms with Gasteiger partial charge in [-0.15, -0.1) is 0 Å². The number of nitrogens with zero attached hydrogens (tertiary/aromatic N) is 2. The summed E-state index contributed by atoms with van der Waals surface area (Å²) >= 11 is 0. The Kier molecular flexibility index (Phi) is 4.55. The Morgan fingerprint density at radius 2 is 1.76 bits per heavy atom. The highest BCUT2D eigenvalue weighted by Crippen LogP contribution is 2.32. The van der Waals surface area contributed by atoms with Crippen LogP contribution < -0.4 is 9.75 Å². The van der Waals surface area contributed by atoms with Crippen LogP contribution >= 0.6 is 0 Å². The smallest absolute Gasteiger partial charge is 0.220 e. The van der Waals surface area contributed by atoms with Gasteiger partial charge in [-0.05, 0) is 41.6 Å². The Hall–Kier alpha value is -2.78. The van der Waals surface area contributed by atoms with Crippen molar-refractivity contribution in [2.75, 3.05) is 0 Å². The largest absolute Gasteiger partial charge is 0.264 e. The van der Waals surface area contributed by atoms with E-state index in [0.29, 0.717) is 6.04 Å². The second-order valence-electron chi connectivity index (χ2n) is 8.90. The van der Waals surface area contributed by atoms with Crippen molar-refractivity contribution in [1.29, 1.82) is 0 Å². The van der Waals surface area contributed by atoms with Gasteiger partial charge in [0, 0.05) is 30.9 Å². The van der Waals surface area contributed by atoms with Crippen LogP contribution in [0.4, 0.5) is 0 Å². The van der Waals surface area contributed by atoms with Crippen LogP contribution in [0.1, 0.15) is 12.6 Å². The fourth-order valence-electron chi connectivity index (χ4n) is 3.86. The van der Waals surface area contributed by atoms with Crippen LogP contribution in [0.5, 0.6) is 0 Å². The van der Waals surface area contributed by atoms with Crippen molar-refractivity contribution >= 4 is 24.0 Å². The van der Waals surface area contributed by atoms with Crippen LogP contribution in [0.25, 0.3) is 33.2 Å². The first-order valence-corrected chi connectivity index (χ1v) is 13.6. The van der Waals surface area contributed by atoms with Crippen LogP contribution in [0, 0.1) is 13.8 Å². The third-order valence-electron chi connectivity index (χ3n) is 5.78. The van der Waals surface area contributed by atoms with Crippen molar-refractivity contribution in [2.24, 2.45) is 7.05 Å². The average Bonchev–Trinajstić information content (AvgIpc) is 2.73. The predicted molar refractivity (Wildman–Crippen MR) is 126 cm³/mol. The normalized spacial score (nSPS) is 12.3. The summed E-state index contributed by atoms with van der Waals surface area (Å²) in [7, 11) is 0.612. The second kappa shape index (κ2) is 7.23. The molecule has 0 aliphatic carbocycles. The molecule has 2 aromatic heterocycles. The lowest BCUT2D eigenvalue weighted by Gasteiger charge is -2.18. The zero-order chi connectivity index (χ0) is 21.6. The van der Waals surface area contributed by atoms with E-state index < -0.39 is 8.07 Å². The van der Waals surface area contributed by atoms with Gasteiger partial charge in [0.15, 0.2) is 5.69 Å². The van der Waals surface area contributed by atoms with E-state index in [9.17, 15) is 0 Å². The molecule has 0 amide bonds. The fraction of sp³-hybridized carbons (Fsp3) is 0.231. The summed E-state index contributed by atoms with van der Waals surface area (Å²) in [4.78, 5) is 4.29. The fourth-order valence-corrected chi connectivity index (χ4v) is 5.02. The Morgan fingerprint density at radius 1 is 0.966 bits per heavy atom. The number of fused-ring (bicyclic) bond motifs is 1. The topological polar surface area (TPSA) is 16.8 Å². The molecular weight excluding hydrogens is 368 g/mol. The molecule has 0 unspecified atom stereocenters. The molecule has 146 valence electrons. The number of pyridine rings is 2. The van der Waals surface area contributed by atoms with Gasteiger partial charge >= 0.3 is 0 Å². The second-order valence-corrected chi connectivity index (χ2v) is 14.0. The van der Waals surface area contributed by atoms with Crippen molar-refractivity contribution in [3.8, 4) is 22.4 Å². The molecule has 4 aromatic rings. The van der Waals surface area contributed by atoms with E-state index in [1.807, 2.05) is 19.2 Å². The lowest BCUT2D eigenvalue weighted by molar-refractivity contribution is -0.665. The Morgan fingerprint density at radius 3 is 2.45 bits per heavy atom. The molecule has 2 heterocycles. The zero-order valence-corrected chi connectivity index (χ0v) is 19.2. The van der Waals surface area contributed by atoms with E-state index >= 15 is 0 Å². The molecule has 0 radical (unpaired) electrons. The summed E-state index contributed by atoms with van der Waals surface area (Å²) in [6.45, 7) is 11.3. The molecule has 0 aliphatic rings. The Balaban J connectivity index is 2.04. The van der Waals surface area contributed by atoms with E-state index in [2.05, 4.69) is 85.6 Å². The molecule has 0 aliphatic heterocycles. The number of benzene rings is 2. The third kappa shape index (κ3) is 3.63. The van der Waals surface area contributed by atoms with E-state index in [0.717, 1.165) is 27.6 Å². The van der Waals surface area contributed by atoms with Crippen LogP contribution in [0.2, 0.25) is 19.6 Å². The lowest BCUT2D eigenvalue weighted by atomic mass is 9.95. The first-order chi connectivity index (χ1) is 14.2. The minimum Gasteiger partial charge on any atom is -0.264 e. The van der Waals surface area contributed by atoms with Crippen LogP contribution in [0.3, 0.4) is 0 Å². The van der Waals surface area contributed by atoms with Gasteiger partial charge in [0.25, 0.3) is 0 Å². The molecule has 2 aromatic carbocycles. The molecule has 2 nitrogen and oxygen atoms in total. The van der Waals surface area contributed by atoms with Crippen molar-refractivity contribution < 1.29 is 5.94 Å². The molecule has 0 bridgehead atoms. The molecule has 4 rings (SSSR count). The number of aromatic nitrogens is 2. The highest BCUT2D eigenvalue weighted by molar-refractivity contribution is 6.88. The third-order valence-corrected chi connectivity index (χ3v) is 7.83. The van der Waals surface area contributed by atoms with E-state index in [1.54, 1.807) is 6.20 Å². The van der Waals surface area contributed by atoms with Crippen molar-refractivity contribution in [3.05, 3.63) is 78.2 Å². The first kappa shape index (κ1) is 18.3. The van der Waals surface area contributed by atoms with Gasteiger partial charge in [0.1, 0.15) is 7.05 Å². The van der Waals surface area contributed by atoms with Gasteiger partial charge < -0.3 is 0 Å². The Bertz CT molecular complexity index is 1260. The molecule has 0 fully saturated rings. The van der Waals surface area contributed by atoms with Crippen molar-refractivity contribution in [1.82, 2.24) is 4.98 Å². The molecule has 0 saturated carbocycles. The summed E-state index contributed by atoms with van der Waals surface area (Å²) in [6.07, 6.45) is 3.71. The Labute approximate surface area is 176 Å². The first-order valence-electron chi connectivity index (χ1n) is 10.6. The van der Waals surface area contributed by atoms with Gasteiger partial charge in [-0.3, -0.25) is 4.98 Å². The molecule has 29 heavy (non-hydrogen) atoms. The zero-order valence-electron chi connectivity index (χ0n) is 19.2. The average molecular weight is 399 g/mol. The molecule has 0 atom stereocenters. The minimum atomic E-state index is -1.46. The van der Waals surface area contributed by atoms with Crippen molar-refractivity contribution in [3.63, 3.8) is 0 Å². The van der Waals surface area contributed by atoms with Crippen LogP contribution in [-0.2, 0) is 7.05 Å². The highest BCUT2D eigenvalue weighted by Gasteiger charge is 2.23. The summed E-state index contributed by atoms with van der Waals surface area (Å²) in [5.41, 5.74) is 6.85. The number of hydrogen-bond donors (Lipinski definition) is 0. The lowest BCUT2D eigenvalue weighted by Crippen LogP contribution is -2.38. The molecule has 3 heteroatoms. The maximum atomic E-state index is 8.81. The quantitative estimate of drug-likeness (QED) is 0.326. The summed E-state index contributed by atoms with van der Waals surface area (Å²) in [6, 6.07) is 18.1. The number of hydrogen-bond acceptors (Lipinski definition) is 1. The van der Waals surface area contributed by atoms with Crippen LogP contribution in [0.15, 0.2) is 67.0 Å². The molecule has 0 N–H and O–H groups in total. The van der Waals surface area contributed by atoms with E-state index in [-0.39, 0.29) is 0 Å². The van der Waals surface area contributed by atoms with Gasteiger partial charge in [0.2, 0.25) is 5.69 Å².